The maximum Gasteiger partial charge on any atom is 0.307 e. The fourth-order valence-corrected chi connectivity index (χ4v) is 5.70. The average molecular weight is 435 g/mol. The fraction of sp³-hybridized carbons (Fsp3) is 0.381. The zero-order chi connectivity index (χ0) is 21.5. The quantitative estimate of drug-likeness (QED) is 0.634. The number of thiazole rings is 1. The highest BCUT2D eigenvalue weighted by molar-refractivity contribution is 7.89. The molecule has 1 aromatic heterocycles. The number of nitrogens with zero attached hydrogens (tertiary/aromatic N) is 1. The van der Waals surface area contributed by atoms with Crippen molar-refractivity contribution in [1.29, 1.82) is 0 Å². The lowest BCUT2D eigenvalue weighted by Gasteiger charge is -2.21. The molecule has 1 atom stereocenters. The van der Waals surface area contributed by atoms with Crippen molar-refractivity contribution in [3.05, 3.63) is 56.7 Å². The fourth-order valence-electron chi connectivity index (χ4n) is 3.46. The van der Waals surface area contributed by atoms with Gasteiger partial charge in [0, 0.05) is 13.1 Å². The van der Waals surface area contributed by atoms with Crippen LogP contribution in [0.15, 0.2) is 40.0 Å². The van der Waals surface area contributed by atoms with Gasteiger partial charge in [-0.05, 0) is 66.8 Å². The van der Waals surface area contributed by atoms with E-state index in [-0.39, 0.29) is 15.7 Å². The van der Waals surface area contributed by atoms with E-state index in [1.54, 1.807) is 26.3 Å². The molecule has 1 heterocycles. The second-order valence-corrected chi connectivity index (χ2v) is 10.2. The highest BCUT2D eigenvalue weighted by atomic mass is 32.2. The highest BCUT2D eigenvalue weighted by Gasteiger charge is 2.22. The van der Waals surface area contributed by atoms with Gasteiger partial charge in [-0.1, -0.05) is 25.2 Å². The lowest BCUT2D eigenvalue weighted by atomic mass is 9.94. The summed E-state index contributed by atoms with van der Waals surface area (Å²) < 4.78 is 36.4. The van der Waals surface area contributed by atoms with Gasteiger partial charge in [0.05, 0.1) is 22.2 Å². The first kappa shape index (κ1) is 21.5. The molecule has 8 heteroatoms. The molecule has 0 aliphatic heterocycles. The van der Waals surface area contributed by atoms with Crippen LogP contribution < -0.4 is 14.3 Å². The molecule has 2 aromatic carbocycles. The van der Waals surface area contributed by atoms with E-state index in [0.29, 0.717) is 4.70 Å². The Morgan fingerprint density at radius 3 is 2.41 bits per heavy atom. The zero-order valence-electron chi connectivity index (χ0n) is 17.4. The van der Waals surface area contributed by atoms with Crippen LogP contribution in [0.2, 0.25) is 0 Å². The van der Waals surface area contributed by atoms with Gasteiger partial charge in [0.2, 0.25) is 10.0 Å². The van der Waals surface area contributed by atoms with Gasteiger partial charge in [-0.3, -0.25) is 4.79 Å². The number of hydrogen-bond acceptors (Lipinski definition) is 5. The van der Waals surface area contributed by atoms with E-state index in [0.717, 1.165) is 39.3 Å². The lowest BCUT2D eigenvalue weighted by Crippen LogP contribution is -2.27. The second-order valence-electron chi connectivity index (χ2n) is 7.50. The van der Waals surface area contributed by atoms with Gasteiger partial charge in [-0.2, -0.15) is 0 Å². The molecule has 0 amide bonds. The minimum Gasteiger partial charge on any atom is -0.496 e. The lowest BCUT2D eigenvalue weighted by molar-refractivity contribution is 0.406. The number of sulfonamides is 1. The summed E-state index contributed by atoms with van der Waals surface area (Å²) in [6.45, 7) is 7.93. The third-order valence-corrected chi connectivity index (χ3v) is 7.65. The summed E-state index contributed by atoms with van der Waals surface area (Å²) >= 11 is 1.04. The van der Waals surface area contributed by atoms with Crippen LogP contribution in [-0.2, 0) is 17.1 Å². The van der Waals surface area contributed by atoms with Crippen LogP contribution >= 0.6 is 11.3 Å². The Bertz CT molecular complexity index is 1220. The molecule has 6 nitrogen and oxygen atoms in total. The SMILES string of the molecule is COc1cc(C)c([C@@H](C)NS(=O)(=O)c2ccc3c(c2)sc(=O)n3C)cc1C(C)C. The number of ether oxygens (including phenoxy) is 1. The summed E-state index contributed by atoms with van der Waals surface area (Å²) in [6.07, 6.45) is 0. The van der Waals surface area contributed by atoms with Crippen molar-refractivity contribution in [2.45, 2.75) is 44.6 Å². The summed E-state index contributed by atoms with van der Waals surface area (Å²) in [6, 6.07) is 8.29. The minimum absolute atomic E-state index is 0.119. The number of aromatic nitrogens is 1. The zero-order valence-corrected chi connectivity index (χ0v) is 19.1. The molecule has 156 valence electrons. The molecule has 0 unspecified atom stereocenters. The number of rotatable bonds is 6. The molecule has 1 N–H and O–H groups in total. The Balaban J connectivity index is 1.96. The van der Waals surface area contributed by atoms with E-state index >= 15 is 0 Å². The van der Waals surface area contributed by atoms with Crippen LogP contribution in [0.25, 0.3) is 10.2 Å². The summed E-state index contributed by atoms with van der Waals surface area (Å²) in [5.41, 5.74) is 3.62. The van der Waals surface area contributed by atoms with Crippen molar-refractivity contribution >= 4 is 31.6 Å². The Labute approximate surface area is 175 Å². The standard InChI is InChI=1S/C21H26N2O4S2/c1-12(2)16-11-17(13(3)9-19(16)27-6)14(4)22-29(25,26)15-7-8-18-20(10-15)28-21(24)23(18)5/h7-12,14,22H,1-6H3/t14-/m1/s1. The second kappa shape index (κ2) is 7.93. The normalized spacial score (nSPS) is 13.2. The molecule has 0 bridgehead atoms. The number of hydrogen-bond donors (Lipinski definition) is 1. The summed E-state index contributed by atoms with van der Waals surface area (Å²) in [5.74, 6) is 1.05. The molecule has 0 radical (unpaired) electrons. The van der Waals surface area contributed by atoms with Crippen LogP contribution in [0.5, 0.6) is 5.75 Å². The van der Waals surface area contributed by atoms with Crippen LogP contribution in [0.1, 0.15) is 49.4 Å². The molecule has 0 aliphatic carbocycles. The maximum atomic E-state index is 13.0. The number of fused-ring (bicyclic) bond motifs is 1. The molecule has 3 rings (SSSR count). The van der Waals surface area contributed by atoms with Crippen molar-refractivity contribution in [3.63, 3.8) is 0 Å². The molecule has 0 saturated carbocycles. The van der Waals surface area contributed by atoms with E-state index in [1.165, 1.54) is 10.6 Å². The van der Waals surface area contributed by atoms with Crippen LogP contribution in [0, 0.1) is 6.92 Å². The van der Waals surface area contributed by atoms with Crippen LogP contribution in [0.4, 0.5) is 0 Å². The summed E-state index contributed by atoms with van der Waals surface area (Å²) in [5, 5.41) is 0. The van der Waals surface area contributed by atoms with E-state index in [4.69, 9.17) is 4.74 Å². The summed E-state index contributed by atoms with van der Waals surface area (Å²) in [7, 11) is -0.440. The molecule has 3 aromatic rings. The predicted molar refractivity (Wildman–Crippen MR) is 118 cm³/mol. The van der Waals surface area contributed by atoms with Crippen molar-refractivity contribution in [3.8, 4) is 5.75 Å². The van der Waals surface area contributed by atoms with Gasteiger partial charge in [0.15, 0.2) is 0 Å². The Morgan fingerprint density at radius 1 is 1.10 bits per heavy atom. The van der Waals surface area contributed by atoms with Gasteiger partial charge in [-0.25, -0.2) is 13.1 Å². The Hall–Kier alpha value is -2.16. The third-order valence-electron chi connectivity index (χ3n) is 5.11. The van der Waals surface area contributed by atoms with Gasteiger partial charge in [0.25, 0.3) is 0 Å². The number of aryl methyl sites for hydroxylation is 2. The van der Waals surface area contributed by atoms with E-state index < -0.39 is 16.1 Å². The van der Waals surface area contributed by atoms with Gasteiger partial charge < -0.3 is 9.30 Å². The molecule has 0 spiro atoms. The molecular weight excluding hydrogens is 408 g/mol. The van der Waals surface area contributed by atoms with Crippen molar-refractivity contribution in [2.24, 2.45) is 7.05 Å². The van der Waals surface area contributed by atoms with E-state index in [2.05, 4.69) is 18.6 Å². The first-order valence-electron chi connectivity index (χ1n) is 9.35. The maximum absolute atomic E-state index is 13.0. The largest absolute Gasteiger partial charge is 0.496 e. The number of benzene rings is 2. The Kier molecular flexibility index (Phi) is 5.89. The van der Waals surface area contributed by atoms with Crippen molar-refractivity contribution in [1.82, 2.24) is 9.29 Å². The highest BCUT2D eigenvalue weighted by Crippen LogP contribution is 2.32. The minimum atomic E-state index is -3.75. The van der Waals surface area contributed by atoms with Gasteiger partial charge >= 0.3 is 4.87 Å². The topological polar surface area (TPSA) is 77.4 Å². The Morgan fingerprint density at radius 2 is 1.79 bits per heavy atom. The van der Waals surface area contributed by atoms with Crippen LogP contribution in [-0.4, -0.2) is 20.1 Å². The molecule has 0 aliphatic rings. The first-order chi connectivity index (χ1) is 13.5. The van der Waals surface area contributed by atoms with Crippen molar-refractivity contribution < 1.29 is 13.2 Å². The van der Waals surface area contributed by atoms with Crippen LogP contribution in [0.3, 0.4) is 0 Å². The number of methoxy groups -OCH3 is 1. The average Bonchev–Trinajstić information content (AvgIpc) is 2.94. The monoisotopic (exact) mass is 434 g/mol. The van der Waals surface area contributed by atoms with Crippen molar-refractivity contribution in [2.75, 3.05) is 7.11 Å². The summed E-state index contributed by atoms with van der Waals surface area (Å²) in [4.78, 5) is 11.9. The molecule has 0 fully saturated rings. The van der Waals surface area contributed by atoms with Gasteiger partial charge in [-0.15, -0.1) is 0 Å². The van der Waals surface area contributed by atoms with Gasteiger partial charge in [0.1, 0.15) is 5.75 Å². The smallest absolute Gasteiger partial charge is 0.307 e. The number of nitrogens with one attached hydrogen (secondary N) is 1. The van der Waals surface area contributed by atoms with E-state index in [1.807, 2.05) is 26.0 Å². The molecule has 0 saturated heterocycles. The molecule has 29 heavy (non-hydrogen) atoms. The molecular formula is C21H26N2O4S2. The predicted octanol–water partition coefficient (Wildman–Crippen LogP) is 4.08. The third kappa shape index (κ3) is 4.10. The first-order valence-corrected chi connectivity index (χ1v) is 11.7. The van der Waals surface area contributed by atoms with E-state index in [9.17, 15) is 13.2 Å².